The Morgan fingerprint density at radius 2 is 2.13 bits per heavy atom. The van der Waals surface area contributed by atoms with Crippen LogP contribution in [0.4, 0.5) is 0 Å². The van der Waals surface area contributed by atoms with Gasteiger partial charge in [-0.05, 0) is 25.0 Å². The summed E-state index contributed by atoms with van der Waals surface area (Å²) in [5, 5.41) is 6.94. The van der Waals surface area contributed by atoms with Crippen molar-refractivity contribution in [3.63, 3.8) is 0 Å². The molecule has 7 heteroatoms. The van der Waals surface area contributed by atoms with E-state index in [4.69, 9.17) is 0 Å². The standard InChI is InChI=1S/C16H19N5O2/c22-15-7-3-4-9-20(15)10-8-18-16(23)13-5-1-2-6-14(13)21-12-17-11-19-21/h1-2,5-6,11-12H,3-4,7-10H2,(H,18,23). The molecule has 1 aromatic heterocycles. The summed E-state index contributed by atoms with van der Waals surface area (Å²) < 4.78 is 1.56. The Kier molecular flexibility index (Phi) is 4.65. The highest BCUT2D eigenvalue weighted by molar-refractivity contribution is 5.97. The van der Waals surface area contributed by atoms with Crippen LogP contribution in [0.3, 0.4) is 0 Å². The van der Waals surface area contributed by atoms with Crippen molar-refractivity contribution >= 4 is 11.8 Å². The monoisotopic (exact) mass is 313 g/mol. The molecule has 1 aromatic carbocycles. The van der Waals surface area contributed by atoms with Crippen LogP contribution < -0.4 is 5.32 Å². The number of piperidine rings is 1. The van der Waals surface area contributed by atoms with E-state index in [2.05, 4.69) is 15.4 Å². The molecule has 2 heterocycles. The largest absolute Gasteiger partial charge is 0.350 e. The molecule has 1 aliphatic rings. The quantitative estimate of drug-likeness (QED) is 0.893. The molecular weight excluding hydrogens is 294 g/mol. The van der Waals surface area contributed by atoms with Crippen molar-refractivity contribution in [1.82, 2.24) is 25.0 Å². The molecule has 0 unspecified atom stereocenters. The van der Waals surface area contributed by atoms with Gasteiger partial charge in [-0.3, -0.25) is 9.59 Å². The average molecular weight is 313 g/mol. The number of carbonyl (C=O) groups is 2. The second-order valence-electron chi connectivity index (χ2n) is 5.45. The van der Waals surface area contributed by atoms with E-state index in [1.54, 1.807) is 17.1 Å². The molecule has 2 amide bonds. The summed E-state index contributed by atoms with van der Waals surface area (Å²) in [4.78, 5) is 29.9. The number of hydrogen-bond donors (Lipinski definition) is 1. The lowest BCUT2D eigenvalue weighted by atomic mass is 10.1. The molecule has 0 radical (unpaired) electrons. The number of nitrogens with zero attached hydrogens (tertiary/aromatic N) is 4. The third-order valence-electron chi connectivity index (χ3n) is 3.90. The Bertz CT molecular complexity index is 684. The molecule has 7 nitrogen and oxygen atoms in total. The molecule has 0 saturated carbocycles. The van der Waals surface area contributed by atoms with E-state index in [0.29, 0.717) is 30.8 Å². The van der Waals surface area contributed by atoms with E-state index in [1.807, 2.05) is 23.1 Å². The van der Waals surface area contributed by atoms with Gasteiger partial charge in [0.2, 0.25) is 5.91 Å². The van der Waals surface area contributed by atoms with E-state index in [0.717, 1.165) is 19.4 Å². The molecule has 1 N–H and O–H groups in total. The third-order valence-corrected chi connectivity index (χ3v) is 3.90. The van der Waals surface area contributed by atoms with Crippen molar-refractivity contribution in [2.75, 3.05) is 19.6 Å². The molecule has 1 fully saturated rings. The fourth-order valence-electron chi connectivity index (χ4n) is 2.70. The Labute approximate surface area is 134 Å². The van der Waals surface area contributed by atoms with Crippen molar-refractivity contribution in [2.45, 2.75) is 19.3 Å². The Morgan fingerprint density at radius 3 is 2.91 bits per heavy atom. The number of para-hydroxylation sites is 1. The van der Waals surface area contributed by atoms with Crippen LogP contribution in [0, 0.1) is 0 Å². The zero-order valence-corrected chi connectivity index (χ0v) is 12.8. The SMILES string of the molecule is O=C(NCCN1CCCCC1=O)c1ccccc1-n1cncn1. The minimum absolute atomic E-state index is 0.175. The summed E-state index contributed by atoms with van der Waals surface area (Å²) in [6.07, 6.45) is 5.60. The lowest BCUT2D eigenvalue weighted by Gasteiger charge is -2.26. The summed E-state index contributed by atoms with van der Waals surface area (Å²) in [7, 11) is 0. The highest BCUT2D eigenvalue weighted by Crippen LogP contribution is 2.13. The number of benzene rings is 1. The van der Waals surface area contributed by atoms with Gasteiger partial charge in [0.25, 0.3) is 5.91 Å². The van der Waals surface area contributed by atoms with Gasteiger partial charge in [0.05, 0.1) is 11.3 Å². The Hall–Kier alpha value is -2.70. The molecule has 23 heavy (non-hydrogen) atoms. The van der Waals surface area contributed by atoms with Gasteiger partial charge in [-0.25, -0.2) is 9.67 Å². The minimum Gasteiger partial charge on any atom is -0.350 e. The lowest BCUT2D eigenvalue weighted by Crippen LogP contribution is -2.41. The molecule has 0 aliphatic carbocycles. The van der Waals surface area contributed by atoms with Gasteiger partial charge < -0.3 is 10.2 Å². The van der Waals surface area contributed by atoms with Crippen LogP contribution in [-0.2, 0) is 4.79 Å². The first-order chi connectivity index (χ1) is 11.3. The van der Waals surface area contributed by atoms with Crippen molar-refractivity contribution in [3.8, 4) is 5.69 Å². The number of nitrogens with one attached hydrogen (secondary N) is 1. The first-order valence-electron chi connectivity index (χ1n) is 7.76. The van der Waals surface area contributed by atoms with Gasteiger partial charge in [0.15, 0.2) is 0 Å². The maximum Gasteiger partial charge on any atom is 0.253 e. The van der Waals surface area contributed by atoms with Crippen LogP contribution in [0.5, 0.6) is 0 Å². The van der Waals surface area contributed by atoms with Crippen molar-refractivity contribution in [2.24, 2.45) is 0 Å². The summed E-state index contributed by atoms with van der Waals surface area (Å²) in [5.41, 5.74) is 1.21. The molecule has 0 atom stereocenters. The van der Waals surface area contributed by atoms with E-state index in [1.165, 1.54) is 6.33 Å². The van der Waals surface area contributed by atoms with Gasteiger partial charge in [0, 0.05) is 26.1 Å². The van der Waals surface area contributed by atoms with E-state index >= 15 is 0 Å². The molecule has 0 bridgehead atoms. The van der Waals surface area contributed by atoms with Crippen LogP contribution >= 0.6 is 0 Å². The second-order valence-corrected chi connectivity index (χ2v) is 5.45. The van der Waals surface area contributed by atoms with Gasteiger partial charge in [-0.15, -0.1) is 0 Å². The topological polar surface area (TPSA) is 80.1 Å². The molecule has 1 saturated heterocycles. The smallest absolute Gasteiger partial charge is 0.253 e. The van der Waals surface area contributed by atoms with Gasteiger partial charge in [-0.1, -0.05) is 12.1 Å². The highest BCUT2D eigenvalue weighted by atomic mass is 16.2. The predicted octanol–water partition coefficient (Wildman–Crippen LogP) is 1.01. The van der Waals surface area contributed by atoms with Crippen LogP contribution in [0.2, 0.25) is 0 Å². The van der Waals surface area contributed by atoms with E-state index in [-0.39, 0.29) is 11.8 Å². The number of hydrogen-bond acceptors (Lipinski definition) is 4. The van der Waals surface area contributed by atoms with Gasteiger partial charge in [0.1, 0.15) is 12.7 Å². The summed E-state index contributed by atoms with van der Waals surface area (Å²) in [5.74, 6) is -0.00549. The molecule has 3 rings (SSSR count). The molecule has 120 valence electrons. The highest BCUT2D eigenvalue weighted by Gasteiger charge is 2.18. The third kappa shape index (κ3) is 3.56. The Balaban J connectivity index is 1.62. The molecule has 1 aliphatic heterocycles. The molecule has 0 spiro atoms. The maximum atomic E-state index is 12.4. The number of aromatic nitrogens is 3. The Morgan fingerprint density at radius 1 is 1.26 bits per heavy atom. The fraction of sp³-hybridized carbons (Fsp3) is 0.375. The number of likely N-dealkylation sites (tertiary alicyclic amines) is 1. The van der Waals surface area contributed by atoms with E-state index < -0.39 is 0 Å². The van der Waals surface area contributed by atoms with Crippen LogP contribution in [0.15, 0.2) is 36.9 Å². The number of rotatable bonds is 5. The lowest BCUT2D eigenvalue weighted by molar-refractivity contribution is -0.133. The van der Waals surface area contributed by atoms with Crippen molar-refractivity contribution in [3.05, 3.63) is 42.5 Å². The first-order valence-corrected chi connectivity index (χ1v) is 7.76. The van der Waals surface area contributed by atoms with Crippen molar-refractivity contribution in [1.29, 1.82) is 0 Å². The van der Waals surface area contributed by atoms with Crippen LogP contribution in [0.25, 0.3) is 5.69 Å². The maximum absolute atomic E-state index is 12.4. The zero-order chi connectivity index (χ0) is 16.1. The minimum atomic E-state index is -0.180. The molecule has 2 aromatic rings. The van der Waals surface area contributed by atoms with Gasteiger partial charge >= 0.3 is 0 Å². The van der Waals surface area contributed by atoms with Crippen molar-refractivity contribution < 1.29 is 9.59 Å². The summed E-state index contributed by atoms with van der Waals surface area (Å²) >= 11 is 0. The zero-order valence-electron chi connectivity index (χ0n) is 12.8. The first kappa shape index (κ1) is 15.2. The normalized spacial score (nSPS) is 14.8. The van der Waals surface area contributed by atoms with Gasteiger partial charge in [-0.2, -0.15) is 5.10 Å². The average Bonchev–Trinajstić information content (AvgIpc) is 3.11. The van der Waals surface area contributed by atoms with E-state index in [9.17, 15) is 9.59 Å². The second kappa shape index (κ2) is 7.04. The van der Waals surface area contributed by atoms with Crippen LogP contribution in [-0.4, -0.2) is 51.1 Å². The van der Waals surface area contributed by atoms with Crippen LogP contribution in [0.1, 0.15) is 29.6 Å². The summed E-state index contributed by atoms with van der Waals surface area (Å²) in [6, 6.07) is 7.22. The predicted molar refractivity (Wildman–Crippen MR) is 84.1 cm³/mol. The fourth-order valence-corrected chi connectivity index (χ4v) is 2.70. The number of amides is 2. The summed E-state index contributed by atoms with van der Waals surface area (Å²) in [6.45, 7) is 1.77. The number of carbonyl (C=O) groups excluding carboxylic acids is 2. The molecular formula is C16H19N5O2.